The van der Waals surface area contributed by atoms with Gasteiger partial charge in [0.15, 0.2) is 15.0 Å². The zero-order valence-corrected chi connectivity index (χ0v) is 17.7. The molecule has 0 bridgehead atoms. The molecule has 2 aromatic carbocycles. The number of nitrogens with one attached hydrogen (secondary N) is 1. The number of rotatable bonds is 5. The molecule has 4 rings (SSSR count). The number of thioether (sulfide) groups is 1. The number of nitrogens with zero attached hydrogens (tertiary/aromatic N) is 2. The summed E-state index contributed by atoms with van der Waals surface area (Å²) in [6, 6.07) is 8.88. The standard InChI is InChI=1S/C20H17F2N3O4S2/c21-12-5-6-17(15(22)9-12)25-19(27)14-3-1-2-4-16(14)24-20(25)30-10-18(26)23-13-7-8-31(28,29)11-13/h1-6,9,13H,7-8,10-11H2,(H,23,26). The van der Waals surface area contributed by atoms with Crippen LogP contribution in [-0.4, -0.2) is 47.2 Å². The summed E-state index contributed by atoms with van der Waals surface area (Å²) in [6.07, 6.45) is 0.346. The Hall–Kier alpha value is -2.79. The number of aromatic nitrogens is 2. The summed E-state index contributed by atoms with van der Waals surface area (Å²) in [7, 11) is -3.14. The minimum atomic E-state index is -3.14. The first-order valence-corrected chi connectivity index (χ1v) is 12.1. The molecule has 3 aromatic rings. The summed E-state index contributed by atoms with van der Waals surface area (Å²) < 4.78 is 52.0. The fourth-order valence-corrected chi connectivity index (χ4v) is 5.88. The number of hydrogen-bond acceptors (Lipinski definition) is 6. The second kappa shape index (κ2) is 8.39. The monoisotopic (exact) mass is 465 g/mol. The lowest BCUT2D eigenvalue weighted by Crippen LogP contribution is -2.36. The van der Waals surface area contributed by atoms with Crippen LogP contribution < -0.4 is 10.9 Å². The van der Waals surface area contributed by atoms with E-state index in [1.165, 1.54) is 0 Å². The van der Waals surface area contributed by atoms with Gasteiger partial charge in [0.1, 0.15) is 11.6 Å². The second-order valence-corrected chi connectivity index (χ2v) is 10.3. The molecular formula is C20H17F2N3O4S2. The first-order chi connectivity index (χ1) is 14.7. The van der Waals surface area contributed by atoms with E-state index < -0.39 is 39.0 Å². The minimum absolute atomic E-state index is 0.0285. The molecule has 11 heteroatoms. The van der Waals surface area contributed by atoms with Crippen molar-refractivity contribution < 1.29 is 22.0 Å². The predicted octanol–water partition coefficient (Wildman–Crippen LogP) is 2.06. The molecule has 162 valence electrons. The Morgan fingerprint density at radius 2 is 2.00 bits per heavy atom. The average Bonchev–Trinajstić information content (AvgIpc) is 3.05. The van der Waals surface area contributed by atoms with Crippen LogP contribution in [-0.2, 0) is 14.6 Å². The first-order valence-electron chi connectivity index (χ1n) is 9.33. The Balaban J connectivity index is 1.66. The maximum absolute atomic E-state index is 14.5. The summed E-state index contributed by atoms with van der Waals surface area (Å²) in [5.74, 6) is -2.40. The molecule has 31 heavy (non-hydrogen) atoms. The normalized spacial score (nSPS) is 17.7. The number of amides is 1. The predicted molar refractivity (Wildman–Crippen MR) is 113 cm³/mol. The third-order valence-electron chi connectivity index (χ3n) is 4.83. The minimum Gasteiger partial charge on any atom is -0.352 e. The van der Waals surface area contributed by atoms with Crippen molar-refractivity contribution in [1.82, 2.24) is 14.9 Å². The van der Waals surface area contributed by atoms with Crippen LogP contribution in [0.25, 0.3) is 16.6 Å². The maximum Gasteiger partial charge on any atom is 0.266 e. The van der Waals surface area contributed by atoms with Gasteiger partial charge in [0, 0.05) is 12.1 Å². The fraction of sp³-hybridized carbons (Fsp3) is 0.250. The van der Waals surface area contributed by atoms with E-state index in [1.807, 2.05) is 0 Å². The highest BCUT2D eigenvalue weighted by Gasteiger charge is 2.29. The van der Waals surface area contributed by atoms with E-state index >= 15 is 0 Å². The Morgan fingerprint density at radius 3 is 2.71 bits per heavy atom. The smallest absolute Gasteiger partial charge is 0.266 e. The summed E-state index contributed by atoms with van der Waals surface area (Å²) in [6.45, 7) is 0. The molecule has 1 saturated heterocycles. The second-order valence-electron chi connectivity index (χ2n) is 7.10. The molecule has 2 heterocycles. The lowest BCUT2D eigenvalue weighted by molar-refractivity contribution is -0.119. The number of benzene rings is 2. The molecule has 1 amide bonds. The maximum atomic E-state index is 14.5. The van der Waals surface area contributed by atoms with Gasteiger partial charge in [-0.05, 0) is 30.7 Å². The quantitative estimate of drug-likeness (QED) is 0.458. The van der Waals surface area contributed by atoms with Crippen molar-refractivity contribution in [2.45, 2.75) is 17.6 Å². The number of carbonyl (C=O) groups excluding carboxylic acids is 1. The Labute approximate surface area is 180 Å². The Kier molecular flexibility index (Phi) is 5.80. The number of carbonyl (C=O) groups is 1. The van der Waals surface area contributed by atoms with Gasteiger partial charge in [-0.2, -0.15) is 0 Å². The highest BCUT2D eigenvalue weighted by atomic mass is 32.2. The summed E-state index contributed by atoms with van der Waals surface area (Å²) in [5.41, 5.74) is -0.369. The molecule has 0 radical (unpaired) electrons. The Morgan fingerprint density at radius 1 is 1.23 bits per heavy atom. The molecule has 1 aromatic heterocycles. The molecule has 1 unspecified atom stereocenters. The lowest BCUT2D eigenvalue weighted by Gasteiger charge is -2.15. The third kappa shape index (κ3) is 4.62. The van der Waals surface area contributed by atoms with Crippen LogP contribution >= 0.6 is 11.8 Å². The first kappa shape index (κ1) is 21.4. The van der Waals surface area contributed by atoms with E-state index in [2.05, 4.69) is 10.3 Å². The largest absolute Gasteiger partial charge is 0.352 e. The summed E-state index contributed by atoms with van der Waals surface area (Å²) in [5, 5.41) is 2.96. The molecule has 1 N–H and O–H groups in total. The van der Waals surface area contributed by atoms with Crippen LogP contribution in [0.5, 0.6) is 0 Å². The molecule has 1 fully saturated rings. The van der Waals surface area contributed by atoms with Crippen LogP contribution in [0.2, 0.25) is 0 Å². The van der Waals surface area contributed by atoms with Crippen molar-refractivity contribution >= 4 is 38.4 Å². The highest BCUT2D eigenvalue weighted by molar-refractivity contribution is 7.99. The highest BCUT2D eigenvalue weighted by Crippen LogP contribution is 2.23. The van der Waals surface area contributed by atoms with Gasteiger partial charge in [0.25, 0.3) is 5.56 Å². The van der Waals surface area contributed by atoms with E-state index in [1.54, 1.807) is 24.3 Å². The fourth-order valence-electron chi connectivity index (χ4n) is 3.39. The number of sulfone groups is 1. The number of halogens is 2. The van der Waals surface area contributed by atoms with Crippen molar-refractivity contribution in [3.05, 3.63) is 64.5 Å². The van der Waals surface area contributed by atoms with Gasteiger partial charge in [-0.3, -0.25) is 14.2 Å². The van der Waals surface area contributed by atoms with Crippen molar-refractivity contribution in [3.63, 3.8) is 0 Å². The van der Waals surface area contributed by atoms with Crippen LogP contribution in [0, 0.1) is 11.6 Å². The average molecular weight is 466 g/mol. The zero-order chi connectivity index (χ0) is 22.2. The molecule has 0 saturated carbocycles. The molecule has 1 aliphatic heterocycles. The number of para-hydroxylation sites is 1. The summed E-state index contributed by atoms with van der Waals surface area (Å²) >= 11 is 0.905. The van der Waals surface area contributed by atoms with Gasteiger partial charge in [0.2, 0.25) is 5.91 Å². The number of fused-ring (bicyclic) bond motifs is 1. The van der Waals surface area contributed by atoms with Gasteiger partial charge in [0.05, 0.1) is 33.8 Å². The van der Waals surface area contributed by atoms with Crippen LogP contribution in [0.3, 0.4) is 0 Å². The van der Waals surface area contributed by atoms with Crippen LogP contribution in [0.4, 0.5) is 8.78 Å². The molecule has 0 spiro atoms. The van der Waals surface area contributed by atoms with Crippen molar-refractivity contribution in [2.24, 2.45) is 0 Å². The van der Waals surface area contributed by atoms with Crippen LogP contribution in [0.1, 0.15) is 6.42 Å². The van der Waals surface area contributed by atoms with Crippen LogP contribution in [0.15, 0.2) is 52.4 Å². The van der Waals surface area contributed by atoms with E-state index in [-0.39, 0.29) is 33.5 Å². The number of hydrogen-bond donors (Lipinski definition) is 1. The SMILES string of the molecule is O=C(CSc1nc2ccccc2c(=O)n1-c1ccc(F)cc1F)NC1CCS(=O)(=O)C1. The molecule has 1 aliphatic rings. The van der Waals surface area contributed by atoms with Gasteiger partial charge < -0.3 is 5.32 Å². The van der Waals surface area contributed by atoms with Gasteiger partial charge in [-0.15, -0.1) is 0 Å². The lowest BCUT2D eigenvalue weighted by atomic mass is 10.2. The van der Waals surface area contributed by atoms with E-state index in [9.17, 15) is 26.8 Å². The van der Waals surface area contributed by atoms with E-state index in [0.717, 1.165) is 28.5 Å². The van der Waals surface area contributed by atoms with Gasteiger partial charge >= 0.3 is 0 Å². The van der Waals surface area contributed by atoms with E-state index in [0.29, 0.717) is 18.0 Å². The molecular weight excluding hydrogens is 448 g/mol. The Bertz CT molecular complexity index is 1340. The van der Waals surface area contributed by atoms with E-state index in [4.69, 9.17) is 0 Å². The molecule has 1 atom stereocenters. The summed E-state index contributed by atoms with van der Waals surface area (Å²) in [4.78, 5) is 29.8. The third-order valence-corrected chi connectivity index (χ3v) is 7.53. The van der Waals surface area contributed by atoms with Crippen molar-refractivity contribution in [3.8, 4) is 5.69 Å². The molecule has 0 aliphatic carbocycles. The van der Waals surface area contributed by atoms with Gasteiger partial charge in [-0.1, -0.05) is 23.9 Å². The van der Waals surface area contributed by atoms with Crippen molar-refractivity contribution in [2.75, 3.05) is 17.3 Å². The topological polar surface area (TPSA) is 98.1 Å². The zero-order valence-electron chi connectivity index (χ0n) is 16.0. The molecule has 7 nitrogen and oxygen atoms in total. The van der Waals surface area contributed by atoms with Crippen molar-refractivity contribution in [1.29, 1.82) is 0 Å². The van der Waals surface area contributed by atoms with Gasteiger partial charge in [-0.25, -0.2) is 22.2 Å².